The van der Waals surface area contributed by atoms with Gasteiger partial charge in [0.25, 0.3) is 0 Å². The van der Waals surface area contributed by atoms with Crippen molar-refractivity contribution in [3.63, 3.8) is 0 Å². The molecule has 1 aromatic carbocycles. The Morgan fingerprint density at radius 1 is 1.44 bits per heavy atom. The number of carbonyl (C=O) groups excluding carboxylic acids is 1. The van der Waals surface area contributed by atoms with Crippen LogP contribution in [-0.2, 0) is 16.0 Å². The number of halogens is 1. The average molecular weight is 313 g/mol. The highest BCUT2D eigenvalue weighted by Gasteiger charge is 2.22. The molecule has 0 N–H and O–H groups in total. The van der Waals surface area contributed by atoms with Gasteiger partial charge < -0.3 is 9.47 Å². The lowest BCUT2D eigenvalue weighted by molar-refractivity contribution is -0.140. The van der Waals surface area contributed by atoms with E-state index in [1.807, 2.05) is 18.2 Å². The molecule has 18 heavy (non-hydrogen) atoms. The predicted molar refractivity (Wildman–Crippen MR) is 72.7 cm³/mol. The molecule has 1 aliphatic carbocycles. The van der Waals surface area contributed by atoms with Crippen LogP contribution in [0, 0.1) is 5.92 Å². The maximum atomic E-state index is 10.7. The maximum absolute atomic E-state index is 10.7. The van der Waals surface area contributed by atoms with Crippen molar-refractivity contribution in [2.24, 2.45) is 5.92 Å². The molecule has 0 bridgehead atoms. The van der Waals surface area contributed by atoms with Crippen LogP contribution in [0.5, 0.6) is 5.75 Å². The first-order valence-corrected chi connectivity index (χ1v) is 6.99. The topological polar surface area (TPSA) is 35.5 Å². The van der Waals surface area contributed by atoms with Crippen molar-refractivity contribution >= 4 is 21.9 Å². The Kier molecular flexibility index (Phi) is 4.64. The van der Waals surface area contributed by atoms with Gasteiger partial charge in [-0.3, -0.25) is 4.79 Å². The first-order valence-electron chi connectivity index (χ1n) is 6.20. The quantitative estimate of drug-likeness (QED) is 0.756. The summed E-state index contributed by atoms with van der Waals surface area (Å²) in [5.41, 5.74) is 1.13. The second-order valence-corrected chi connectivity index (χ2v) is 5.46. The molecule has 0 radical (unpaired) electrons. The molecule has 98 valence electrons. The zero-order valence-electron chi connectivity index (χ0n) is 10.4. The van der Waals surface area contributed by atoms with Crippen molar-refractivity contribution in [2.75, 3.05) is 13.2 Å². The van der Waals surface area contributed by atoms with Gasteiger partial charge in [-0.2, -0.15) is 0 Å². The van der Waals surface area contributed by atoms with Crippen LogP contribution >= 0.6 is 15.9 Å². The van der Waals surface area contributed by atoms with E-state index in [-0.39, 0.29) is 5.97 Å². The van der Waals surface area contributed by atoms with Gasteiger partial charge >= 0.3 is 5.97 Å². The lowest BCUT2D eigenvalue weighted by atomic mass is 10.1. The summed E-state index contributed by atoms with van der Waals surface area (Å²) < 4.78 is 11.6. The third-order valence-corrected chi connectivity index (χ3v) is 3.48. The first kappa shape index (κ1) is 13.4. The Morgan fingerprint density at radius 2 is 2.22 bits per heavy atom. The van der Waals surface area contributed by atoms with Gasteiger partial charge in [0.05, 0.1) is 17.7 Å². The molecule has 0 aromatic heterocycles. The van der Waals surface area contributed by atoms with Crippen molar-refractivity contribution in [3.05, 3.63) is 28.2 Å². The summed E-state index contributed by atoms with van der Waals surface area (Å²) >= 11 is 3.51. The van der Waals surface area contributed by atoms with Crippen LogP contribution in [0.3, 0.4) is 0 Å². The molecular formula is C14H17BrO3. The zero-order chi connectivity index (χ0) is 13.0. The molecule has 0 aliphatic heterocycles. The fraction of sp³-hybridized carbons (Fsp3) is 0.500. The summed E-state index contributed by atoms with van der Waals surface area (Å²) in [6.45, 7) is 2.65. The van der Waals surface area contributed by atoms with E-state index in [1.165, 1.54) is 19.8 Å². The Balaban J connectivity index is 1.85. The van der Waals surface area contributed by atoms with Crippen LogP contribution in [0.1, 0.15) is 25.3 Å². The highest BCUT2D eigenvalue weighted by atomic mass is 79.9. The summed E-state index contributed by atoms with van der Waals surface area (Å²) in [7, 11) is 0. The molecule has 4 heteroatoms. The number of hydrogen-bond acceptors (Lipinski definition) is 3. The van der Waals surface area contributed by atoms with E-state index >= 15 is 0 Å². The third-order valence-electron chi connectivity index (χ3n) is 2.86. The van der Waals surface area contributed by atoms with E-state index in [0.29, 0.717) is 6.61 Å². The summed E-state index contributed by atoms with van der Waals surface area (Å²) in [6, 6.07) is 6.00. The largest absolute Gasteiger partial charge is 0.492 e. The van der Waals surface area contributed by atoms with Crippen molar-refractivity contribution in [1.29, 1.82) is 0 Å². The SMILES string of the molecule is CC(=O)OCCc1ccc(OCC2CC2)c(Br)c1. The minimum absolute atomic E-state index is 0.238. The van der Waals surface area contributed by atoms with E-state index < -0.39 is 0 Å². The summed E-state index contributed by atoms with van der Waals surface area (Å²) in [5, 5.41) is 0. The molecular weight excluding hydrogens is 296 g/mol. The van der Waals surface area contributed by atoms with E-state index in [4.69, 9.17) is 9.47 Å². The number of ether oxygens (including phenoxy) is 2. The highest BCUT2D eigenvalue weighted by molar-refractivity contribution is 9.10. The molecule has 1 aliphatic rings. The Hall–Kier alpha value is -1.03. The monoisotopic (exact) mass is 312 g/mol. The smallest absolute Gasteiger partial charge is 0.302 e. The second kappa shape index (κ2) is 6.23. The van der Waals surface area contributed by atoms with Gasteiger partial charge in [0.1, 0.15) is 5.75 Å². The average Bonchev–Trinajstić information content (AvgIpc) is 3.11. The van der Waals surface area contributed by atoms with E-state index in [9.17, 15) is 4.79 Å². The van der Waals surface area contributed by atoms with Gasteiger partial charge in [-0.15, -0.1) is 0 Å². The van der Waals surface area contributed by atoms with Crippen LogP contribution in [0.2, 0.25) is 0 Å². The minimum atomic E-state index is -0.238. The lowest BCUT2D eigenvalue weighted by Crippen LogP contribution is -2.04. The molecule has 0 unspecified atom stereocenters. The van der Waals surface area contributed by atoms with Gasteiger partial charge in [-0.1, -0.05) is 6.07 Å². The predicted octanol–water partition coefficient (Wildman–Crippen LogP) is 3.34. The molecule has 1 fully saturated rings. The van der Waals surface area contributed by atoms with Crippen LogP contribution in [0.4, 0.5) is 0 Å². The normalized spacial score (nSPS) is 14.3. The standard InChI is InChI=1S/C14H17BrO3/c1-10(16)17-7-6-11-4-5-14(13(15)8-11)18-9-12-2-3-12/h4-5,8,12H,2-3,6-7,9H2,1H3. The van der Waals surface area contributed by atoms with Crippen molar-refractivity contribution in [3.8, 4) is 5.75 Å². The number of benzene rings is 1. The number of esters is 1. The van der Waals surface area contributed by atoms with Crippen LogP contribution in [-0.4, -0.2) is 19.2 Å². The van der Waals surface area contributed by atoms with Gasteiger partial charge in [-0.25, -0.2) is 0 Å². The van der Waals surface area contributed by atoms with E-state index in [0.717, 1.165) is 34.7 Å². The summed E-state index contributed by atoms with van der Waals surface area (Å²) in [5.74, 6) is 1.40. The fourth-order valence-corrected chi connectivity index (χ4v) is 2.16. The fourth-order valence-electron chi connectivity index (χ4n) is 1.62. The van der Waals surface area contributed by atoms with Gasteiger partial charge in [0.2, 0.25) is 0 Å². The molecule has 0 saturated heterocycles. The highest BCUT2D eigenvalue weighted by Crippen LogP contribution is 2.32. The lowest BCUT2D eigenvalue weighted by Gasteiger charge is -2.09. The summed E-state index contributed by atoms with van der Waals surface area (Å²) in [4.78, 5) is 10.7. The second-order valence-electron chi connectivity index (χ2n) is 4.61. The van der Waals surface area contributed by atoms with Gasteiger partial charge in [0.15, 0.2) is 0 Å². The van der Waals surface area contributed by atoms with Crippen LogP contribution in [0.15, 0.2) is 22.7 Å². The van der Waals surface area contributed by atoms with Gasteiger partial charge in [0, 0.05) is 13.3 Å². The molecule has 0 spiro atoms. The zero-order valence-corrected chi connectivity index (χ0v) is 12.0. The van der Waals surface area contributed by atoms with Crippen LogP contribution in [0.25, 0.3) is 0 Å². The molecule has 3 nitrogen and oxygen atoms in total. The molecule has 2 rings (SSSR count). The number of hydrogen-bond donors (Lipinski definition) is 0. The molecule has 1 aromatic rings. The molecule has 0 atom stereocenters. The first-order chi connectivity index (χ1) is 8.65. The molecule has 1 saturated carbocycles. The summed E-state index contributed by atoms with van der Waals surface area (Å²) in [6.07, 6.45) is 3.30. The minimum Gasteiger partial charge on any atom is -0.492 e. The van der Waals surface area contributed by atoms with Gasteiger partial charge in [-0.05, 0) is 52.4 Å². The number of carbonyl (C=O) groups is 1. The van der Waals surface area contributed by atoms with Crippen molar-refractivity contribution in [1.82, 2.24) is 0 Å². The van der Waals surface area contributed by atoms with Crippen LogP contribution < -0.4 is 4.74 Å². The Labute approximate surface area is 116 Å². The Bertz CT molecular complexity index is 427. The maximum Gasteiger partial charge on any atom is 0.302 e. The molecule has 0 amide bonds. The number of rotatable bonds is 6. The third kappa shape index (κ3) is 4.33. The van der Waals surface area contributed by atoms with Crippen molar-refractivity contribution < 1.29 is 14.3 Å². The Morgan fingerprint density at radius 3 is 2.83 bits per heavy atom. The van der Waals surface area contributed by atoms with E-state index in [1.54, 1.807) is 0 Å². The van der Waals surface area contributed by atoms with Crippen molar-refractivity contribution in [2.45, 2.75) is 26.2 Å². The molecule has 0 heterocycles. The van der Waals surface area contributed by atoms with E-state index in [2.05, 4.69) is 15.9 Å².